The van der Waals surface area contributed by atoms with Crippen molar-refractivity contribution >= 4 is 16.8 Å². The van der Waals surface area contributed by atoms with Crippen molar-refractivity contribution in [1.29, 1.82) is 0 Å². The van der Waals surface area contributed by atoms with Crippen LogP contribution in [0.15, 0.2) is 54.1 Å². The number of nitrogens with zero attached hydrogens (tertiary/aromatic N) is 1. The van der Waals surface area contributed by atoms with E-state index in [1.54, 1.807) is 18.2 Å². The molecule has 0 atom stereocenters. The molecule has 0 bridgehead atoms. The number of carbonyl (C=O) groups excluding carboxylic acids is 1. The van der Waals surface area contributed by atoms with Gasteiger partial charge in [-0.15, -0.1) is 0 Å². The Morgan fingerprint density at radius 1 is 1.09 bits per heavy atom. The number of amides is 1. The molecule has 0 radical (unpaired) electrons. The van der Waals surface area contributed by atoms with Gasteiger partial charge in [-0.2, -0.15) is 13.2 Å². The van der Waals surface area contributed by atoms with Crippen LogP contribution in [0.2, 0.25) is 0 Å². The van der Waals surface area contributed by atoms with Crippen molar-refractivity contribution in [2.45, 2.75) is 65.5 Å². The Hall–Kier alpha value is -2.83. The molecule has 1 heterocycles. The van der Waals surface area contributed by atoms with Crippen LogP contribution in [-0.2, 0) is 11.0 Å². The van der Waals surface area contributed by atoms with Crippen LogP contribution >= 0.6 is 0 Å². The van der Waals surface area contributed by atoms with Crippen LogP contribution < -0.4 is 10.1 Å². The quantitative estimate of drug-likeness (QED) is 0.188. The highest BCUT2D eigenvalue weighted by molar-refractivity contribution is 5.88. The maximum absolute atomic E-state index is 12.8. The smallest absolute Gasteiger partial charge is 0.416 e. The van der Waals surface area contributed by atoms with Gasteiger partial charge in [0.25, 0.3) is 0 Å². The fourth-order valence-electron chi connectivity index (χ4n) is 3.31. The Morgan fingerprint density at radius 2 is 1.82 bits per heavy atom. The molecule has 0 unspecified atom stereocenters. The molecule has 1 aromatic heterocycles. The maximum atomic E-state index is 12.8. The van der Waals surface area contributed by atoms with Crippen LogP contribution in [0.5, 0.6) is 5.88 Å². The number of ether oxygens (including phenoxy) is 1. The summed E-state index contributed by atoms with van der Waals surface area (Å²) in [6.07, 6.45) is 7.60. The lowest BCUT2D eigenvalue weighted by Gasteiger charge is -2.09. The minimum absolute atomic E-state index is 0.0486. The van der Waals surface area contributed by atoms with E-state index < -0.39 is 11.7 Å². The summed E-state index contributed by atoms with van der Waals surface area (Å²) in [5.41, 5.74) is 0.753. The third-order valence-electron chi connectivity index (χ3n) is 5.18. The van der Waals surface area contributed by atoms with Gasteiger partial charge in [0.1, 0.15) is 0 Å². The minimum atomic E-state index is -4.36. The lowest BCUT2D eigenvalue weighted by molar-refractivity contribution is -0.137. The fraction of sp³-hybridized carbons (Fsp3) is 0.481. The van der Waals surface area contributed by atoms with Gasteiger partial charge in [-0.05, 0) is 61.9 Å². The molecule has 34 heavy (non-hydrogen) atoms. The first-order valence-electron chi connectivity index (χ1n) is 11.9. The summed E-state index contributed by atoms with van der Waals surface area (Å²) < 4.78 is 44.1. The van der Waals surface area contributed by atoms with Gasteiger partial charge in [-0.1, -0.05) is 45.3 Å². The largest absolute Gasteiger partial charge is 0.478 e. The van der Waals surface area contributed by atoms with Crippen LogP contribution in [-0.4, -0.2) is 24.0 Å². The molecule has 2 aromatic rings. The molecule has 0 spiro atoms. The van der Waals surface area contributed by atoms with Crippen LogP contribution in [0.25, 0.3) is 10.9 Å². The van der Waals surface area contributed by atoms with Gasteiger partial charge in [0.05, 0.1) is 17.7 Å². The number of hydrogen-bond acceptors (Lipinski definition) is 3. The van der Waals surface area contributed by atoms with E-state index in [1.165, 1.54) is 6.07 Å². The minimum Gasteiger partial charge on any atom is -0.478 e. The zero-order valence-electron chi connectivity index (χ0n) is 20.3. The monoisotopic (exact) mass is 476 g/mol. The number of nitrogens with one attached hydrogen (secondary N) is 1. The van der Waals surface area contributed by atoms with E-state index in [4.69, 9.17) is 4.74 Å². The molecule has 0 saturated heterocycles. The molecule has 1 aromatic carbocycles. The first kappa shape index (κ1) is 27.4. The lowest BCUT2D eigenvalue weighted by Crippen LogP contribution is -2.25. The van der Waals surface area contributed by atoms with E-state index in [0.717, 1.165) is 56.2 Å². The van der Waals surface area contributed by atoms with Gasteiger partial charge in [0, 0.05) is 24.1 Å². The van der Waals surface area contributed by atoms with Crippen molar-refractivity contribution < 1.29 is 22.7 Å². The number of pyridine rings is 1. The van der Waals surface area contributed by atoms with Gasteiger partial charge in [-0.3, -0.25) is 4.79 Å². The number of unbranched alkanes of at least 4 members (excludes halogenated alkanes) is 5. The number of halogens is 3. The average Bonchev–Trinajstić information content (AvgIpc) is 2.77. The third kappa shape index (κ3) is 10.4. The highest BCUT2D eigenvalue weighted by Gasteiger charge is 2.30. The summed E-state index contributed by atoms with van der Waals surface area (Å²) >= 11 is 0. The molecule has 0 aliphatic rings. The van der Waals surface area contributed by atoms with Crippen LogP contribution in [0, 0.1) is 5.92 Å². The normalized spacial score (nSPS) is 12.6. The molecule has 0 aliphatic heterocycles. The van der Waals surface area contributed by atoms with E-state index in [-0.39, 0.29) is 5.91 Å². The molecule has 4 nitrogen and oxygen atoms in total. The van der Waals surface area contributed by atoms with E-state index in [9.17, 15) is 18.0 Å². The first-order valence-corrected chi connectivity index (χ1v) is 11.9. The van der Waals surface area contributed by atoms with Crippen molar-refractivity contribution in [3.63, 3.8) is 0 Å². The van der Waals surface area contributed by atoms with Crippen molar-refractivity contribution in [2.75, 3.05) is 13.2 Å². The predicted octanol–water partition coefficient (Wildman–Crippen LogP) is 7.25. The summed E-state index contributed by atoms with van der Waals surface area (Å²) in [6, 6.07) is 6.73. The molecule has 1 N–H and O–H groups in total. The van der Waals surface area contributed by atoms with E-state index in [1.807, 2.05) is 13.0 Å². The van der Waals surface area contributed by atoms with Crippen molar-refractivity contribution in [1.82, 2.24) is 10.3 Å². The van der Waals surface area contributed by atoms with Gasteiger partial charge in [0.2, 0.25) is 11.8 Å². The molecule has 2 rings (SSSR count). The number of carbonyl (C=O) groups is 1. The van der Waals surface area contributed by atoms with Gasteiger partial charge in [-0.25, -0.2) is 4.98 Å². The second kappa shape index (κ2) is 13.8. The molecule has 7 heteroatoms. The van der Waals surface area contributed by atoms with Crippen molar-refractivity contribution in [3.05, 3.63) is 59.7 Å². The number of aromatic nitrogens is 1. The second-order valence-electron chi connectivity index (χ2n) is 8.89. The Kier molecular flexibility index (Phi) is 11.1. The number of rotatable bonds is 13. The highest BCUT2D eigenvalue weighted by atomic mass is 19.4. The predicted molar refractivity (Wildman–Crippen MR) is 131 cm³/mol. The number of fused-ring (bicyclic) bond motifs is 1. The third-order valence-corrected chi connectivity index (χ3v) is 5.18. The highest BCUT2D eigenvalue weighted by Crippen LogP contribution is 2.31. The first-order chi connectivity index (χ1) is 16.1. The van der Waals surface area contributed by atoms with Crippen LogP contribution in [0.3, 0.4) is 0 Å². The summed E-state index contributed by atoms with van der Waals surface area (Å²) in [6.45, 7) is 7.26. The van der Waals surface area contributed by atoms with Gasteiger partial charge < -0.3 is 10.1 Å². The van der Waals surface area contributed by atoms with E-state index >= 15 is 0 Å². The Balaban J connectivity index is 1.58. The zero-order valence-corrected chi connectivity index (χ0v) is 20.3. The summed E-state index contributed by atoms with van der Waals surface area (Å²) in [5, 5.41) is 3.31. The Bertz CT molecular complexity index is 981. The average molecular weight is 477 g/mol. The number of allylic oxidation sites excluding steroid dienone is 3. The molecular weight excluding hydrogens is 441 g/mol. The van der Waals surface area contributed by atoms with Crippen molar-refractivity contribution in [2.24, 2.45) is 5.92 Å². The zero-order chi connectivity index (χ0) is 25.0. The van der Waals surface area contributed by atoms with Gasteiger partial charge in [0.15, 0.2) is 0 Å². The molecule has 0 saturated carbocycles. The summed E-state index contributed by atoms with van der Waals surface area (Å²) in [4.78, 5) is 16.0. The maximum Gasteiger partial charge on any atom is 0.416 e. The van der Waals surface area contributed by atoms with Crippen LogP contribution in [0.1, 0.15) is 64.9 Å². The molecule has 0 aliphatic carbocycles. The summed E-state index contributed by atoms with van der Waals surface area (Å²) in [5.74, 6) is 0.819. The number of hydrogen-bond donors (Lipinski definition) is 1. The van der Waals surface area contributed by atoms with Crippen LogP contribution in [0.4, 0.5) is 13.2 Å². The van der Waals surface area contributed by atoms with Gasteiger partial charge >= 0.3 is 6.18 Å². The summed E-state index contributed by atoms with van der Waals surface area (Å²) in [7, 11) is 0. The topological polar surface area (TPSA) is 51.2 Å². The number of alkyl halides is 3. The SMILES string of the molecule is CC(/C=C/CCCCCCCOc1ccc2cc(C(F)(F)F)ccc2n1)=C\C(=O)NCC(C)C. The van der Waals surface area contributed by atoms with Crippen molar-refractivity contribution in [3.8, 4) is 5.88 Å². The molecular formula is C27H35F3N2O2. The molecule has 1 amide bonds. The molecule has 186 valence electrons. The standard InChI is InChI=1S/C27H35F3N2O2/c1-20(2)19-31-25(33)17-21(3)11-9-7-5-4-6-8-10-16-34-26-15-12-22-18-23(27(28,29)30)13-14-24(22)32-26/h9,11-15,17-18,20H,4-8,10,16,19H2,1-3H3,(H,31,33)/b11-9+,21-17+. The van der Waals surface area contributed by atoms with E-state index in [0.29, 0.717) is 35.9 Å². The second-order valence-corrected chi connectivity index (χ2v) is 8.89. The van der Waals surface area contributed by atoms with E-state index in [2.05, 4.69) is 30.2 Å². The fourth-order valence-corrected chi connectivity index (χ4v) is 3.31. The Labute approximate surface area is 200 Å². The number of benzene rings is 1. The Morgan fingerprint density at radius 3 is 2.56 bits per heavy atom. The lowest BCUT2D eigenvalue weighted by atomic mass is 10.1. The molecule has 0 fully saturated rings.